The topological polar surface area (TPSA) is 63.0 Å². The van der Waals surface area contributed by atoms with Gasteiger partial charge in [0.05, 0.1) is 6.04 Å². The van der Waals surface area contributed by atoms with Gasteiger partial charge in [-0.25, -0.2) is 0 Å². The zero-order chi connectivity index (χ0) is 11.1. The molecule has 2 rings (SSSR count). The minimum atomic E-state index is 0.0975. The standard InChI is InChI=1S/C10H18N4O/c1-6(11-4)8-13-14-9(15-8)12-7-5-10(7,2)3/h6-7,11H,5H2,1-4H3,(H,12,14). The van der Waals surface area contributed by atoms with Crippen LogP contribution in [0.25, 0.3) is 0 Å². The van der Waals surface area contributed by atoms with E-state index in [4.69, 9.17) is 4.42 Å². The van der Waals surface area contributed by atoms with Crippen molar-refractivity contribution in [3.63, 3.8) is 0 Å². The van der Waals surface area contributed by atoms with E-state index in [-0.39, 0.29) is 6.04 Å². The summed E-state index contributed by atoms with van der Waals surface area (Å²) in [5.41, 5.74) is 0.364. The maximum Gasteiger partial charge on any atom is 0.315 e. The van der Waals surface area contributed by atoms with Gasteiger partial charge in [0.1, 0.15) is 0 Å². The van der Waals surface area contributed by atoms with E-state index in [2.05, 4.69) is 34.7 Å². The molecule has 2 atom stereocenters. The quantitative estimate of drug-likeness (QED) is 0.789. The van der Waals surface area contributed by atoms with Crippen LogP contribution in [0.5, 0.6) is 0 Å². The molecule has 5 heteroatoms. The van der Waals surface area contributed by atoms with Crippen LogP contribution in [0.4, 0.5) is 6.01 Å². The second-order valence-corrected chi connectivity index (χ2v) is 4.85. The summed E-state index contributed by atoms with van der Waals surface area (Å²) in [7, 11) is 1.87. The molecule has 0 aliphatic heterocycles. The largest absolute Gasteiger partial charge is 0.406 e. The van der Waals surface area contributed by atoms with Gasteiger partial charge in [-0.05, 0) is 25.8 Å². The normalized spacial score (nSPS) is 24.9. The lowest BCUT2D eigenvalue weighted by molar-refractivity contribution is 0.439. The molecule has 1 fully saturated rings. The lowest BCUT2D eigenvalue weighted by atomic mass is 10.2. The molecule has 1 aliphatic rings. The van der Waals surface area contributed by atoms with E-state index >= 15 is 0 Å². The summed E-state index contributed by atoms with van der Waals surface area (Å²) in [6.07, 6.45) is 1.16. The van der Waals surface area contributed by atoms with Crippen molar-refractivity contribution in [2.24, 2.45) is 5.41 Å². The van der Waals surface area contributed by atoms with Crippen LogP contribution in [0, 0.1) is 5.41 Å². The van der Waals surface area contributed by atoms with E-state index in [0.717, 1.165) is 6.42 Å². The summed E-state index contributed by atoms with van der Waals surface area (Å²) in [6, 6.07) is 1.10. The first-order chi connectivity index (χ1) is 7.03. The van der Waals surface area contributed by atoms with E-state index in [1.807, 2.05) is 14.0 Å². The Balaban J connectivity index is 1.96. The maximum absolute atomic E-state index is 5.48. The molecule has 0 bridgehead atoms. The number of aromatic nitrogens is 2. The number of rotatable bonds is 4. The molecular weight excluding hydrogens is 192 g/mol. The van der Waals surface area contributed by atoms with Crippen molar-refractivity contribution in [2.45, 2.75) is 39.3 Å². The van der Waals surface area contributed by atoms with Gasteiger partial charge >= 0.3 is 6.01 Å². The van der Waals surface area contributed by atoms with E-state index in [1.54, 1.807) is 0 Å². The summed E-state index contributed by atoms with van der Waals surface area (Å²) in [4.78, 5) is 0. The molecule has 0 amide bonds. The molecule has 0 spiro atoms. The number of hydrogen-bond acceptors (Lipinski definition) is 5. The molecule has 84 valence electrons. The smallest absolute Gasteiger partial charge is 0.315 e. The average Bonchev–Trinajstić information content (AvgIpc) is 2.65. The summed E-state index contributed by atoms with van der Waals surface area (Å²) >= 11 is 0. The van der Waals surface area contributed by atoms with Gasteiger partial charge in [-0.15, -0.1) is 5.10 Å². The van der Waals surface area contributed by atoms with Gasteiger partial charge in [-0.2, -0.15) is 0 Å². The first kappa shape index (κ1) is 10.4. The van der Waals surface area contributed by atoms with Gasteiger partial charge in [-0.1, -0.05) is 18.9 Å². The van der Waals surface area contributed by atoms with Crippen molar-refractivity contribution >= 4 is 6.01 Å². The van der Waals surface area contributed by atoms with Crippen molar-refractivity contribution in [1.82, 2.24) is 15.5 Å². The molecule has 1 saturated carbocycles. The third-order valence-corrected chi connectivity index (χ3v) is 3.06. The highest BCUT2D eigenvalue weighted by Gasteiger charge is 2.46. The van der Waals surface area contributed by atoms with Crippen LogP contribution >= 0.6 is 0 Å². The van der Waals surface area contributed by atoms with E-state index in [0.29, 0.717) is 23.4 Å². The fraction of sp³-hybridized carbons (Fsp3) is 0.800. The fourth-order valence-electron chi connectivity index (χ4n) is 1.45. The van der Waals surface area contributed by atoms with E-state index in [1.165, 1.54) is 0 Å². The zero-order valence-corrected chi connectivity index (χ0v) is 9.66. The van der Waals surface area contributed by atoms with Crippen molar-refractivity contribution in [1.29, 1.82) is 0 Å². The minimum absolute atomic E-state index is 0.0975. The summed E-state index contributed by atoms with van der Waals surface area (Å²) in [6.45, 7) is 6.43. The second-order valence-electron chi connectivity index (χ2n) is 4.85. The van der Waals surface area contributed by atoms with Gasteiger partial charge in [0.2, 0.25) is 5.89 Å². The first-order valence-corrected chi connectivity index (χ1v) is 5.30. The predicted octanol–water partition coefficient (Wildman–Crippen LogP) is 1.56. The van der Waals surface area contributed by atoms with Crippen LogP contribution in [0.15, 0.2) is 4.42 Å². The third kappa shape index (κ3) is 2.12. The molecular formula is C10H18N4O. The predicted molar refractivity (Wildman–Crippen MR) is 57.6 cm³/mol. The first-order valence-electron chi connectivity index (χ1n) is 5.30. The van der Waals surface area contributed by atoms with Gasteiger partial charge in [-0.3, -0.25) is 0 Å². The van der Waals surface area contributed by atoms with Crippen LogP contribution in [0.1, 0.15) is 39.1 Å². The van der Waals surface area contributed by atoms with Gasteiger partial charge < -0.3 is 15.1 Å². The molecule has 1 aromatic rings. The molecule has 2 N–H and O–H groups in total. The average molecular weight is 210 g/mol. The molecule has 1 heterocycles. The zero-order valence-electron chi connectivity index (χ0n) is 9.66. The minimum Gasteiger partial charge on any atom is -0.406 e. The van der Waals surface area contributed by atoms with Gasteiger partial charge in [0, 0.05) is 6.04 Å². The summed E-state index contributed by atoms with van der Waals surface area (Å²) < 4.78 is 5.48. The Labute approximate surface area is 89.6 Å². The monoisotopic (exact) mass is 210 g/mol. The van der Waals surface area contributed by atoms with Crippen LogP contribution < -0.4 is 10.6 Å². The van der Waals surface area contributed by atoms with Crippen LogP contribution in [0.3, 0.4) is 0 Å². The van der Waals surface area contributed by atoms with Crippen LogP contribution in [-0.2, 0) is 0 Å². The molecule has 15 heavy (non-hydrogen) atoms. The molecule has 1 aliphatic carbocycles. The lowest BCUT2D eigenvalue weighted by Crippen LogP contribution is -2.12. The SMILES string of the molecule is CNC(C)c1nnc(NC2CC2(C)C)o1. The van der Waals surface area contributed by atoms with Crippen LogP contribution in [0.2, 0.25) is 0 Å². The molecule has 5 nitrogen and oxygen atoms in total. The Bertz CT molecular complexity index is 347. The summed E-state index contributed by atoms with van der Waals surface area (Å²) in [5, 5.41) is 14.2. The maximum atomic E-state index is 5.48. The third-order valence-electron chi connectivity index (χ3n) is 3.06. The number of anilines is 1. The van der Waals surface area contributed by atoms with Gasteiger partial charge in [0.25, 0.3) is 0 Å². The Morgan fingerprint density at radius 1 is 1.47 bits per heavy atom. The second kappa shape index (κ2) is 3.48. The number of nitrogens with one attached hydrogen (secondary N) is 2. The highest BCUT2D eigenvalue weighted by molar-refractivity contribution is 5.27. The van der Waals surface area contributed by atoms with Crippen molar-refractivity contribution in [2.75, 3.05) is 12.4 Å². The molecule has 0 radical (unpaired) electrons. The van der Waals surface area contributed by atoms with E-state index < -0.39 is 0 Å². The highest BCUT2D eigenvalue weighted by Crippen LogP contribution is 2.46. The number of hydrogen-bond donors (Lipinski definition) is 2. The Morgan fingerprint density at radius 2 is 2.13 bits per heavy atom. The van der Waals surface area contributed by atoms with Gasteiger partial charge in [0.15, 0.2) is 0 Å². The Morgan fingerprint density at radius 3 is 2.67 bits per heavy atom. The highest BCUT2D eigenvalue weighted by atomic mass is 16.4. The van der Waals surface area contributed by atoms with E-state index in [9.17, 15) is 0 Å². The molecule has 1 aromatic heterocycles. The summed E-state index contributed by atoms with van der Waals surface area (Å²) in [5.74, 6) is 0.624. The molecule has 0 aromatic carbocycles. The van der Waals surface area contributed by atoms with Crippen molar-refractivity contribution < 1.29 is 4.42 Å². The van der Waals surface area contributed by atoms with Crippen molar-refractivity contribution in [3.8, 4) is 0 Å². The molecule has 0 saturated heterocycles. The fourth-order valence-corrected chi connectivity index (χ4v) is 1.45. The Kier molecular flexibility index (Phi) is 2.42. The Hall–Kier alpha value is -1.10. The molecule has 2 unspecified atom stereocenters. The lowest BCUT2D eigenvalue weighted by Gasteiger charge is -2.04. The number of nitrogens with zero attached hydrogens (tertiary/aromatic N) is 2. The van der Waals surface area contributed by atoms with Crippen molar-refractivity contribution in [3.05, 3.63) is 5.89 Å². The van der Waals surface area contributed by atoms with Crippen LogP contribution in [-0.4, -0.2) is 23.3 Å².